The van der Waals surface area contributed by atoms with Crippen LogP contribution in [0.3, 0.4) is 0 Å². The van der Waals surface area contributed by atoms with Gasteiger partial charge in [-0.05, 0) is 48.5 Å². The molecule has 0 aliphatic heterocycles. The van der Waals surface area contributed by atoms with Crippen LogP contribution in [0.1, 0.15) is 12.8 Å². The number of nitrogens with one attached hydrogen (secondary N) is 2. The molecule has 3 rings (SSSR count). The van der Waals surface area contributed by atoms with Gasteiger partial charge in [-0.2, -0.15) is 0 Å². The zero-order chi connectivity index (χ0) is 23.1. The molecule has 0 saturated heterocycles. The third-order valence-electron chi connectivity index (χ3n) is 5.46. The number of carbonyl (C=O) groups is 2. The van der Waals surface area contributed by atoms with Gasteiger partial charge in [-0.15, -0.1) is 0 Å². The van der Waals surface area contributed by atoms with Crippen molar-refractivity contribution in [2.75, 3.05) is 39.1 Å². The van der Waals surface area contributed by atoms with Crippen molar-refractivity contribution < 1.29 is 28.5 Å². The number of allylic oxidation sites excluding steroid dienone is 1. The minimum absolute atomic E-state index is 0.289. The Morgan fingerprint density at radius 2 is 1.34 bits per heavy atom. The fraction of sp³-hybridized carbons (Fsp3) is 0.333. The first-order chi connectivity index (χ1) is 15.5. The van der Waals surface area contributed by atoms with Gasteiger partial charge < -0.3 is 29.6 Å². The Hall–Kier alpha value is -3.68. The predicted molar refractivity (Wildman–Crippen MR) is 121 cm³/mol. The highest BCUT2D eigenvalue weighted by Gasteiger charge is 2.38. The normalized spacial score (nSPS) is 17.9. The molecule has 0 spiro atoms. The lowest BCUT2D eigenvalue weighted by atomic mass is 9.82. The van der Waals surface area contributed by atoms with Gasteiger partial charge in [0.15, 0.2) is 0 Å². The Morgan fingerprint density at radius 3 is 1.84 bits per heavy atom. The van der Waals surface area contributed by atoms with Crippen LogP contribution >= 0.6 is 0 Å². The standard InChI is InChI=1S/C24H28N2O6/c1-29-17-9-5-15(6-10-17)25-21-13-20(24(28)32-4)22(14-19(21)23(27)31-3)26-16-7-11-18(30-2)12-8-16/h5-12,19,21,25-26H,13-14H2,1-4H3. The predicted octanol–water partition coefficient (Wildman–Crippen LogP) is 3.61. The number of hydrogen-bond acceptors (Lipinski definition) is 8. The Kier molecular flexibility index (Phi) is 7.59. The van der Waals surface area contributed by atoms with E-state index in [1.54, 1.807) is 14.2 Å². The van der Waals surface area contributed by atoms with Crippen LogP contribution < -0.4 is 20.1 Å². The fourth-order valence-corrected chi connectivity index (χ4v) is 3.73. The molecule has 0 bridgehead atoms. The molecule has 170 valence electrons. The molecule has 8 heteroatoms. The summed E-state index contributed by atoms with van der Waals surface area (Å²) >= 11 is 0. The van der Waals surface area contributed by atoms with Crippen molar-refractivity contribution in [1.29, 1.82) is 0 Å². The Balaban J connectivity index is 1.91. The molecule has 2 unspecified atom stereocenters. The smallest absolute Gasteiger partial charge is 0.335 e. The lowest BCUT2D eigenvalue weighted by molar-refractivity contribution is -0.146. The number of ether oxygens (including phenoxy) is 4. The highest BCUT2D eigenvalue weighted by molar-refractivity contribution is 5.91. The summed E-state index contributed by atoms with van der Waals surface area (Å²) in [6, 6.07) is 14.3. The molecule has 1 aliphatic carbocycles. The Labute approximate surface area is 187 Å². The average molecular weight is 440 g/mol. The monoisotopic (exact) mass is 440 g/mol. The SMILES string of the molecule is COC(=O)C1=C(Nc2ccc(OC)cc2)CC(C(=O)OC)C(Nc2ccc(OC)cc2)C1. The zero-order valence-electron chi connectivity index (χ0n) is 18.6. The van der Waals surface area contributed by atoms with Gasteiger partial charge in [0.2, 0.25) is 0 Å². The van der Waals surface area contributed by atoms with Crippen LogP contribution in [0.5, 0.6) is 11.5 Å². The van der Waals surface area contributed by atoms with Crippen LogP contribution in [0, 0.1) is 5.92 Å². The maximum Gasteiger partial charge on any atom is 0.335 e. The van der Waals surface area contributed by atoms with Gasteiger partial charge >= 0.3 is 11.9 Å². The number of anilines is 2. The average Bonchev–Trinajstić information content (AvgIpc) is 2.84. The van der Waals surface area contributed by atoms with Crippen molar-refractivity contribution in [2.24, 2.45) is 5.92 Å². The van der Waals surface area contributed by atoms with Gasteiger partial charge in [0.05, 0.1) is 39.9 Å². The first-order valence-electron chi connectivity index (χ1n) is 10.2. The molecule has 8 nitrogen and oxygen atoms in total. The number of carbonyl (C=O) groups excluding carboxylic acids is 2. The van der Waals surface area contributed by atoms with Gasteiger partial charge in [-0.25, -0.2) is 4.79 Å². The van der Waals surface area contributed by atoms with E-state index in [9.17, 15) is 9.59 Å². The summed E-state index contributed by atoms with van der Waals surface area (Å²) in [4.78, 5) is 25.2. The molecular weight excluding hydrogens is 412 g/mol. The van der Waals surface area contributed by atoms with Crippen LogP contribution in [0.15, 0.2) is 59.8 Å². The van der Waals surface area contributed by atoms with Crippen molar-refractivity contribution in [3.63, 3.8) is 0 Å². The summed E-state index contributed by atoms with van der Waals surface area (Å²) in [7, 11) is 5.90. The summed E-state index contributed by atoms with van der Waals surface area (Å²) < 4.78 is 20.5. The van der Waals surface area contributed by atoms with Gasteiger partial charge in [0.25, 0.3) is 0 Å². The van der Waals surface area contributed by atoms with Gasteiger partial charge in [-0.3, -0.25) is 4.79 Å². The quantitative estimate of drug-likeness (QED) is 0.601. The van der Waals surface area contributed by atoms with E-state index in [-0.39, 0.29) is 24.9 Å². The highest BCUT2D eigenvalue weighted by atomic mass is 16.5. The van der Waals surface area contributed by atoms with E-state index in [1.165, 1.54) is 14.2 Å². The van der Waals surface area contributed by atoms with Crippen molar-refractivity contribution in [3.8, 4) is 11.5 Å². The summed E-state index contributed by atoms with van der Waals surface area (Å²) in [5.74, 6) is 0.151. The van der Waals surface area contributed by atoms with Crippen LogP contribution in [-0.4, -0.2) is 46.4 Å². The number of rotatable bonds is 8. The molecule has 2 atom stereocenters. The lowest BCUT2D eigenvalue weighted by Gasteiger charge is -2.34. The van der Waals surface area contributed by atoms with Crippen LogP contribution in [0.2, 0.25) is 0 Å². The second kappa shape index (κ2) is 10.6. The molecule has 0 fully saturated rings. The number of benzene rings is 2. The maximum absolute atomic E-state index is 12.6. The molecule has 2 aromatic rings. The van der Waals surface area contributed by atoms with Crippen molar-refractivity contribution >= 4 is 23.3 Å². The van der Waals surface area contributed by atoms with Gasteiger partial charge in [0.1, 0.15) is 11.5 Å². The first-order valence-corrected chi connectivity index (χ1v) is 10.2. The molecule has 0 saturated carbocycles. The van der Waals surface area contributed by atoms with Crippen molar-refractivity contribution in [2.45, 2.75) is 18.9 Å². The van der Waals surface area contributed by atoms with Gasteiger partial charge in [0, 0.05) is 36.0 Å². The Morgan fingerprint density at radius 1 is 0.781 bits per heavy atom. The van der Waals surface area contributed by atoms with E-state index in [1.807, 2.05) is 48.5 Å². The second-order valence-corrected chi connectivity index (χ2v) is 7.32. The molecule has 32 heavy (non-hydrogen) atoms. The molecule has 0 heterocycles. The van der Waals surface area contributed by atoms with E-state index >= 15 is 0 Å². The fourth-order valence-electron chi connectivity index (χ4n) is 3.73. The number of esters is 2. The number of methoxy groups -OCH3 is 4. The molecular formula is C24H28N2O6. The van der Waals surface area contributed by atoms with Crippen molar-refractivity contribution in [3.05, 3.63) is 59.8 Å². The van der Waals surface area contributed by atoms with E-state index < -0.39 is 11.9 Å². The third-order valence-corrected chi connectivity index (χ3v) is 5.46. The van der Waals surface area contributed by atoms with E-state index in [0.717, 1.165) is 22.9 Å². The van der Waals surface area contributed by atoms with E-state index in [2.05, 4.69) is 10.6 Å². The maximum atomic E-state index is 12.6. The molecule has 1 aliphatic rings. The number of hydrogen-bond donors (Lipinski definition) is 2. The highest BCUT2D eigenvalue weighted by Crippen LogP contribution is 2.34. The topological polar surface area (TPSA) is 95.1 Å². The zero-order valence-corrected chi connectivity index (χ0v) is 18.6. The van der Waals surface area contributed by atoms with E-state index in [0.29, 0.717) is 11.3 Å². The summed E-state index contributed by atoms with van der Waals surface area (Å²) in [6.45, 7) is 0. The molecule has 2 aromatic carbocycles. The largest absolute Gasteiger partial charge is 0.497 e. The van der Waals surface area contributed by atoms with E-state index in [4.69, 9.17) is 18.9 Å². The minimum atomic E-state index is -0.503. The van der Waals surface area contributed by atoms with Gasteiger partial charge in [-0.1, -0.05) is 0 Å². The van der Waals surface area contributed by atoms with Crippen LogP contribution in [0.4, 0.5) is 11.4 Å². The molecule has 2 N–H and O–H groups in total. The molecule has 0 aromatic heterocycles. The molecule has 0 radical (unpaired) electrons. The lowest BCUT2D eigenvalue weighted by Crippen LogP contribution is -2.41. The summed E-state index contributed by atoms with van der Waals surface area (Å²) in [5, 5.41) is 6.64. The molecule has 0 amide bonds. The second-order valence-electron chi connectivity index (χ2n) is 7.32. The summed E-state index contributed by atoms with van der Waals surface area (Å²) in [6.07, 6.45) is 0.577. The summed E-state index contributed by atoms with van der Waals surface area (Å²) in [5.41, 5.74) is 2.69. The first kappa shape index (κ1) is 23.0. The third kappa shape index (κ3) is 5.32. The van der Waals surface area contributed by atoms with Crippen LogP contribution in [-0.2, 0) is 19.1 Å². The minimum Gasteiger partial charge on any atom is -0.497 e. The van der Waals surface area contributed by atoms with Crippen LogP contribution in [0.25, 0.3) is 0 Å². The Bertz CT molecular complexity index is 969. The van der Waals surface area contributed by atoms with Crippen molar-refractivity contribution in [1.82, 2.24) is 0 Å².